The molecular weight excluding hydrogens is 421 g/mol. The van der Waals surface area contributed by atoms with Crippen molar-refractivity contribution in [2.45, 2.75) is 25.8 Å². The number of fused-ring (bicyclic) bond motifs is 1. The molecule has 1 amide bonds. The number of aromatic nitrogens is 2. The van der Waals surface area contributed by atoms with Crippen LogP contribution in [-0.2, 0) is 10.2 Å². The monoisotopic (exact) mass is 445 g/mol. The third kappa shape index (κ3) is 4.13. The Morgan fingerprint density at radius 1 is 1.32 bits per heavy atom. The molecule has 164 valence electrons. The predicted octanol–water partition coefficient (Wildman–Crippen LogP) is 2.74. The molecule has 0 aliphatic carbocycles. The van der Waals surface area contributed by atoms with Crippen LogP contribution in [0, 0.1) is 5.82 Å². The summed E-state index contributed by atoms with van der Waals surface area (Å²) in [7, 11) is -2.54. The van der Waals surface area contributed by atoms with E-state index in [4.69, 9.17) is 0 Å². The highest BCUT2D eigenvalue weighted by Crippen LogP contribution is 2.36. The Balaban J connectivity index is 1.66. The summed E-state index contributed by atoms with van der Waals surface area (Å²) in [5.41, 5.74) is 2.42. The molecule has 0 bridgehead atoms. The van der Waals surface area contributed by atoms with E-state index < -0.39 is 16.1 Å². The highest BCUT2D eigenvalue weighted by Gasteiger charge is 2.28. The molecule has 0 radical (unpaired) electrons. The molecule has 0 saturated carbocycles. The third-order valence-corrected chi connectivity index (χ3v) is 7.17. The van der Waals surface area contributed by atoms with Gasteiger partial charge in [0.25, 0.3) is 5.91 Å². The van der Waals surface area contributed by atoms with Crippen LogP contribution in [-0.4, -0.2) is 48.4 Å². The molecule has 31 heavy (non-hydrogen) atoms. The molecule has 1 N–H and O–H groups in total. The van der Waals surface area contributed by atoms with Crippen molar-refractivity contribution in [1.29, 1.82) is 0 Å². The van der Waals surface area contributed by atoms with Crippen LogP contribution in [0.15, 0.2) is 48.8 Å². The van der Waals surface area contributed by atoms with Crippen LogP contribution in [0.25, 0.3) is 5.52 Å². The fourth-order valence-electron chi connectivity index (χ4n) is 3.88. The van der Waals surface area contributed by atoms with E-state index in [0.29, 0.717) is 5.52 Å². The zero-order valence-corrected chi connectivity index (χ0v) is 18.1. The van der Waals surface area contributed by atoms with Gasteiger partial charge in [0.2, 0.25) is 0 Å². The number of amides is 1. The Labute approximate surface area is 180 Å². The second-order valence-electron chi connectivity index (χ2n) is 7.53. The summed E-state index contributed by atoms with van der Waals surface area (Å²) < 4.78 is 42.9. The van der Waals surface area contributed by atoms with Crippen molar-refractivity contribution < 1.29 is 17.6 Å². The molecule has 1 aliphatic heterocycles. The molecular formula is C21H24FN5O3S. The number of carbonyl (C=O) groups excluding carboxylic acids is 1. The lowest BCUT2D eigenvalue weighted by Crippen LogP contribution is -2.41. The van der Waals surface area contributed by atoms with E-state index in [2.05, 4.69) is 14.7 Å². The first-order valence-corrected chi connectivity index (χ1v) is 11.5. The Morgan fingerprint density at radius 3 is 2.87 bits per heavy atom. The van der Waals surface area contributed by atoms with E-state index in [-0.39, 0.29) is 24.0 Å². The molecule has 1 fully saturated rings. The molecule has 1 unspecified atom stereocenters. The van der Waals surface area contributed by atoms with Gasteiger partial charge in [-0.15, -0.1) is 0 Å². The number of anilines is 1. The number of rotatable bonds is 6. The number of benzene rings is 1. The number of nitrogens with zero attached hydrogens (tertiary/aromatic N) is 4. The molecule has 4 rings (SSSR count). The van der Waals surface area contributed by atoms with Crippen molar-refractivity contribution >= 4 is 27.3 Å². The quantitative estimate of drug-likeness (QED) is 0.631. The molecule has 2 aromatic heterocycles. The fourth-order valence-corrected chi connectivity index (χ4v) is 4.72. The molecule has 3 aromatic rings. The zero-order valence-electron chi connectivity index (χ0n) is 17.3. The normalized spacial score (nSPS) is 16.9. The standard InChI is InChI=1S/C21H24FN5O3S/c1-3-25(2)31(29,30)24-21(28)18-14-23-27-11-9-17(13-20(18)27)26-10-5-8-19(26)15-6-4-7-16(22)12-15/h4,6-7,9,11-14,19H,3,5,8,10H2,1-2H3,(H,24,28). The van der Waals surface area contributed by atoms with Crippen molar-refractivity contribution in [1.82, 2.24) is 18.6 Å². The summed E-state index contributed by atoms with van der Waals surface area (Å²) in [6, 6.07) is 10.3. The molecule has 3 heterocycles. The van der Waals surface area contributed by atoms with Gasteiger partial charge in [0.15, 0.2) is 0 Å². The van der Waals surface area contributed by atoms with Crippen LogP contribution in [0.1, 0.15) is 41.7 Å². The number of nitrogens with one attached hydrogen (secondary N) is 1. The Bertz CT molecular complexity index is 1230. The van der Waals surface area contributed by atoms with Crippen LogP contribution in [0.3, 0.4) is 0 Å². The van der Waals surface area contributed by atoms with E-state index >= 15 is 0 Å². The topological polar surface area (TPSA) is 87.0 Å². The number of pyridine rings is 1. The Kier molecular flexibility index (Phi) is 5.67. The fraction of sp³-hybridized carbons (Fsp3) is 0.333. The number of carbonyl (C=O) groups is 1. The molecule has 1 aliphatic rings. The first kappa shape index (κ1) is 21.3. The van der Waals surface area contributed by atoms with E-state index in [9.17, 15) is 17.6 Å². The van der Waals surface area contributed by atoms with Gasteiger partial charge in [0.1, 0.15) is 5.82 Å². The summed E-state index contributed by atoms with van der Waals surface area (Å²) in [5.74, 6) is -1.01. The minimum absolute atomic E-state index is 0.0249. The smallest absolute Gasteiger partial charge is 0.303 e. The summed E-state index contributed by atoms with van der Waals surface area (Å²) in [5, 5.41) is 4.17. The van der Waals surface area contributed by atoms with Gasteiger partial charge >= 0.3 is 10.2 Å². The minimum Gasteiger partial charge on any atom is -0.364 e. The summed E-state index contributed by atoms with van der Waals surface area (Å²) in [6.07, 6.45) is 4.93. The lowest BCUT2D eigenvalue weighted by Gasteiger charge is -2.27. The van der Waals surface area contributed by atoms with Gasteiger partial charge in [-0.3, -0.25) is 4.79 Å². The molecule has 8 nitrogen and oxygen atoms in total. The summed E-state index contributed by atoms with van der Waals surface area (Å²) >= 11 is 0. The van der Waals surface area contributed by atoms with Crippen molar-refractivity contribution in [3.63, 3.8) is 0 Å². The maximum absolute atomic E-state index is 13.7. The van der Waals surface area contributed by atoms with Crippen molar-refractivity contribution in [2.24, 2.45) is 0 Å². The third-order valence-electron chi connectivity index (χ3n) is 5.64. The first-order chi connectivity index (χ1) is 14.8. The van der Waals surface area contributed by atoms with E-state index in [1.807, 2.05) is 18.2 Å². The average Bonchev–Trinajstić information content (AvgIpc) is 3.39. The SMILES string of the molecule is CCN(C)S(=O)(=O)NC(=O)c1cnn2ccc(N3CCCC3c3cccc(F)c3)cc12. The number of hydrogen-bond acceptors (Lipinski definition) is 5. The maximum Gasteiger partial charge on any atom is 0.303 e. The minimum atomic E-state index is -3.93. The highest BCUT2D eigenvalue weighted by atomic mass is 32.2. The second kappa shape index (κ2) is 8.27. The number of halogens is 1. The van der Waals surface area contributed by atoms with Gasteiger partial charge < -0.3 is 4.90 Å². The molecule has 1 atom stereocenters. The number of hydrogen-bond donors (Lipinski definition) is 1. The molecule has 1 saturated heterocycles. The van der Waals surface area contributed by atoms with Crippen molar-refractivity contribution in [2.75, 3.05) is 25.0 Å². The van der Waals surface area contributed by atoms with Crippen molar-refractivity contribution in [3.05, 3.63) is 65.7 Å². The lowest BCUT2D eigenvalue weighted by molar-refractivity contribution is 0.0981. The molecule has 1 aromatic carbocycles. The van der Waals surface area contributed by atoms with Gasteiger partial charge in [-0.2, -0.15) is 17.8 Å². The van der Waals surface area contributed by atoms with Crippen LogP contribution in [0.2, 0.25) is 0 Å². The highest BCUT2D eigenvalue weighted by molar-refractivity contribution is 7.87. The second-order valence-corrected chi connectivity index (χ2v) is 9.31. The van der Waals surface area contributed by atoms with Crippen LogP contribution in [0.5, 0.6) is 0 Å². The van der Waals surface area contributed by atoms with Crippen LogP contribution in [0.4, 0.5) is 10.1 Å². The Morgan fingerprint density at radius 2 is 2.13 bits per heavy atom. The van der Waals surface area contributed by atoms with E-state index in [1.165, 1.54) is 23.8 Å². The van der Waals surface area contributed by atoms with Gasteiger partial charge in [-0.25, -0.2) is 13.6 Å². The maximum atomic E-state index is 13.7. The van der Waals surface area contributed by atoms with Gasteiger partial charge in [-0.1, -0.05) is 19.1 Å². The van der Waals surface area contributed by atoms with E-state index in [0.717, 1.165) is 34.9 Å². The van der Waals surface area contributed by atoms with Gasteiger partial charge in [-0.05, 0) is 42.7 Å². The van der Waals surface area contributed by atoms with Crippen LogP contribution >= 0.6 is 0 Å². The van der Waals surface area contributed by atoms with Crippen molar-refractivity contribution in [3.8, 4) is 0 Å². The lowest BCUT2D eigenvalue weighted by atomic mass is 10.0. The van der Waals surface area contributed by atoms with Crippen LogP contribution < -0.4 is 9.62 Å². The van der Waals surface area contributed by atoms with Gasteiger partial charge in [0.05, 0.1) is 23.3 Å². The van der Waals surface area contributed by atoms with E-state index in [1.54, 1.807) is 25.3 Å². The first-order valence-electron chi connectivity index (χ1n) is 10.1. The van der Waals surface area contributed by atoms with Gasteiger partial charge in [0, 0.05) is 32.0 Å². The average molecular weight is 446 g/mol. The summed E-state index contributed by atoms with van der Waals surface area (Å²) in [4.78, 5) is 14.9. The zero-order chi connectivity index (χ0) is 22.2. The largest absolute Gasteiger partial charge is 0.364 e. The molecule has 10 heteroatoms. The molecule has 0 spiro atoms. The Hall–Kier alpha value is -2.98. The predicted molar refractivity (Wildman–Crippen MR) is 116 cm³/mol. The summed E-state index contributed by atoms with van der Waals surface area (Å²) in [6.45, 7) is 2.71.